The zero-order chi connectivity index (χ0) is 20.1. The van der Waals surface area contributed by atoms with Gasteiger partial charge >= 0.3 is 0 Å². The van der Waals surface area contributed by atoms with E-state index in [-0.39, 0.29) is 5.91 Å². The van der Waals surface area contributed by atoms with Crippen LogP contribution in [0.4, 0.5) is 5.69 Å². The van der Waals surface area contributed by atoms with E-state index in [0.29, 0.717) is 33.9 Å². The van der Waals surface area contributed by atoms with Gasteiger partial charge in [-0.1, -0.05) is 12.1 Å². The first-order valence-corrected chi connectivity index (χ1v) is 9.60. The van der Waals surface area contributed by atoms with Gasteiger partial charge in [0.2, 0.25) is 5.75 Å². The summed E-state index contributed by atoms with van der Waals surface area (Å²) in [5.41, 5.74) is 2.68. The molecule has 1 heterocycles. The van der Waals surface area contributed by atoms with Crippen molar-refractivity contribution in [2.24, 2.45) is 4.99 Å². The second-order valence-corrected chi connectivity index (χ2v) is 7.04. The fourth-order valence-corrected chi connectivity index (χ4v) is 3.56. The second-order valence-electron chi connectivity index (χ2n) is 6.01. The predicted octanol–water partition coefficient (Wildman–Crippen LogP) is 4.30. The lowest BCUT2D eigenvalue weighted by Crippen LogP contribution is -2.19. The summed E-state index contributed by atoms with van der Waals surface area (Å²) in [5.74, 6) is 1.44. The van der Waals surface area contributed by atoms with E-state index in [1.165, 1.54) is 11.8 Å². The molecule has 2 aromatic rings. The van der Waals surface area contributed by atoms with Crippen LogP contribution in [0.1, 0.15) is 18.1 Å². The Bertz CT molecular complexity index is 928. The van der Waals surface area contributed by atoms with Crippen molar-refractivity contribution in [2.75, 3.05) is 20.8 Å². The molecule has 6 nitrogen and oxygen atoms in total. The van der Waals surface area contributed by atoms with Crippen molar-refractivity contribution in [3.8, 4) is 17.2 Å². The van der Waals surface area contributed by atoms with E-state index >= 15 is 0 Å². The molecule has 0 aliphatic carbocycles. The molecule has 1 saturated heterocycles. The minimum atomic E-state index is -0.191. The number of ether oxygens (including phenoxy) is 3. The molecule has 0 spiro atoms. The van der Waals surface area contributed by atoms with Crippen LogP contribution in [-0.2, 0) is 4.79 Å². The quantitative estimate of drug-likeness (QED) is 0.735. The first-order valence-electron chi connectivity index (χ1n) is 8.79. The second kappa shape index (κ2) is 8.84. The molecular formula is C21H22N2O4S. The zero-order valence-corrected chi connectivity index (χ0v) is 17.1. The molecule has 0 aromatic heterocycles. The van der Waals surface area contributed by atoms with E-state index < -0.39 is 0 Å². The molecule has 0 radical (unpaired) electrons. The van der Waals surface area contributed by atoms with Crippen molar-refractivity contribution >= 4 is 34.6 Å². The SMILES string of the molecule is CCOc1c(OC)cc(/C=C2\SC(=Nc3cccc(C)c3)NC2=O)cc1OC. The molecule has 0 atom stereocenters. The molecule has 7 heteroatoms. The highest BCUT2D eigenvalue weighted by Crippen LogP contribution is 2.40. The number of amidine groups is 1. The van der Waals surface area contributed by atoms with E-state index in [4.69, 9.17) is 14.2 Å². The highest BCUT2D eigenvalue weighted by Gasteiger charge is 2.24. The van der Waals surface area contributed by atoms with Crippen LogP contribution in [0.15, 0.2) is 46.3 Å². The Morgan fingerprint density at radius 2 is 1.86 bits per heavy atom. The number of aryl methyl sites for hydroxylation is 1. The van der Waals surface area contributed by atoms with E-state index in [9.17, 15) is 4.79 Å². The maximum Gasteiger partial charge on any atom is 0.264 e. The molecule has 0 saturated carbocycles. The normalized spacial score (nSPS) is 16.4. The molecule has 146 valence electrons. The molecular weight excluding hydrogens is 376 g/mol. The number of nitrogens with one attached hydrogen (secondary N) is 1. The summed E-state index contributed by atoms with van der Waals surface area (Å²) in [5, 5.41) is 3.35. The number of thioether (sulfide) groups is 1. The average Bonchev–Trinajstić information content (AvgIpc) is 3.01. The lowest BCUT2D eigenvalue weighted by molar-refractivity contribution is -0.115. The number of nitrogens with zero attached hydrogens (tertiary/aromatic N) is 1. The Balaban J connectivity index is 1.90. The number of amides is 1. The van der Waals surface area contributed by atoms with Crippen LogP contribution in [-0.4, -0.2) is 31.9 Å². The van der Waals surface area contributed by atoms with Gasteiger partial charge in [-0.05, 0) is 67.1 Å². The Kier molecular flexibility index (Phi) is 6.26. The number of hydrogen-bond donors (Lipinski definition) is 1. The Hall–Kier alpha value is -2.93. The predicted molar refractivity (Wildman–Crippen MR) is 113 cm³/mol. The maximum atomic E-state index is 12.4. The number of carbonyl (C=O) groups excluding carboxylic acids is 1. The molecule has 1 amide bonds. The summed E-state index contributed by atoms with van der Waals surface area (Å²) in [6.07, 6.45) is 1.78. The Labute approximate surface area is 168 Å². The highest BCUT2D eigenvalue weighted by molar-refractivity contribution is 8.18. The number of hydrogen-bond acceptors (Lipinski definition) is 6. The summed E-state index contributed by atoms with van der Waals surface area (Å²) in [6, 6.07) is 11.4. The fraction of sp³-hybridized carbons (Fsp3) is 0.238. The summed E-state index contributed by atoms with van der Waals surface area (Å²) in [4.78, 5) is 17.4. The van der Waals surface area contributed by atoms with Crippen molar-refractivity contribution in [1.82, 2.24) is 5.32 Å². The van der Waals surface area contributed by atoms with Gasteiger partial charge in [-0.3, -0.25) is 4.79 Å². The van der Waals surface area contributed by atoms with Gasteiger partial charge in [0.05, 0.1) is 31.4 Å². The van der Waals surface area contributed by atoms with Gasteiger partial charge in [0.15, 0.2) is 16.7 Å². The monoisotopic (exact) mass is 398 g/mol. The van der Waals surface area contributed by atoms with Crippen LogP contribution in [0.25, 0.3) is 6.08 Å². The first kappa shape index (κ1) is 19.8. The minimum Gasteiger partial charge on any atom is -0.493 e. The van der Waals surface area contributed by atoms with Crippen LogP contribution in [0.2, 0.25) is 0 Å². The lowest BCUT2D eigenvalue weighted by Gasteiger charge is -2.14. The molecule has 1 N–H and O–H groups in total. The van der Waals surface area contributed by atoms with Gasteiger partial charge in [-0.25, -0.2) is 4.99 Å². The summed E-state index contributed by atoms with van der Waals surface area (Å²) < 4.78 is 16.5. The standard InChI is InChI=1S/C21H22N2O4S/c1-5-27-19-16(25-3)10-14(11-17(19)26-4)12-18-20(24)23-21(28-18)22-15-8-6-7-13(2)9-15/h6-12H,5H2,1-4H3,(H,22,23,24)/b18-12-. The Morgan fingerprint density at radius 3 is 2.46 bits per heavy atom. The number of benzene rings is 2. The van der Waals surface area contributed by atoms with Gasteiger partial charge in [0, 0.05) is 0 Å². The number of carbonyl (C=O) groups is 1. The lowest BCUT2D eigenvalue weighted by atomic mass is 10.1. The molecule has 1 fully saturated rings. The van der Waals surface area contributed by atoms with Crippen LogP contribution >= 0.6 is 11.8 Å². The molecule has 1 aliphatic heterocycles. The van der Waals surface area contributed by atoms with Crippen molar-refractivity contribution in [3.63, 3.8) is 0 Å². The van der Waals surface area contributed by atoms with Gasteiger partial charge in [-0.15, -0.1) is 0 Å². The van der Waals surface area contributed by atoms with Crippen molar-refractivity contribution in [2.45, 2.75) is 13.8 Å². The van der Waals surface area contributed by atoms with E-state index in [1.54, 1.807) is 20.3 Å². The fourth-order valence-electron chi connectivity index (χ4n) is 2.72. The van der Waals surface area contributed by atoms with Gasteiger partial charge < -0.3 is 19.5 Å². The van der Waals surface area contributed by atoms with Crippen molar-refractivity contribution < 1.29 is 19.0 Å². The third kappa shape index (κ3) is 4.48. The van der Waals surface area contributed by atoms with E-state index in [1.807, 2.05) is 50.2 Å². The molecule has 3 rings (SSSR count). The van der Waals surface area contributed by atoms with Gasteiger partial charge in [0.1, 0.15) is 0 Å². The summed E-state index contributed by atoms with van der Waals surface area (Å²) in [7, 11) is 3.13. The summed E-state index contributed by atoms with van der Waals surface area (Å²) >= 11 is 1.29. The number of rotatable bonds is 6. The van der Waals surface area contributed by atoms with Crippen LogP contribution in [0.5, 0.6) is 17.2 Å². The largest absolute Gasteiger partial charge is 0.493 e. The first-order chi connectivity index (χ1) is 13.5. The van der Waals surface area contributed by atoms with Crippen LogP contribution in [0.3, 0.4) is 0 Å². The molecule has 2 aromatic carbocycles. The van der Waals surface area contributed by atoms with Crippen LogP contribution in [0, 0.1) is 6.92 Å². The molecule has 0 bridgehead atoms. The zero-order valence-electron chi connectivity index (χ0n) is 16.2. The van der Waals surface area contributed by atoms with Crippen molar-refractivity contribution in [1.29, 1.82) is 0 Å². The van der Waals surface area contributed by atoms with E-state index in [2.05, 4.69) is 10.3 Å². The number of aliphatic imine (C=N–C) groups is 1. The number of methoxy groups -OCH3 is 2. The van der Waals surface area contributed by atoms with Crippen LogP contribution < -0.4 is 19.5 Å². The average molecular weight is 398 g/mol. The summed E-state index contributed by atoms with van der Waals surface area (Å²) in [6.45, 7) is 4.38. The maximum absolute atomic E-state index is 12.4. The molecule has 0 unspecified atom stereocenters. The topological polar surface area (TPSA) is 69.2 Å². The van der Waals surface area contributed by atoms with Gasteiger partial charge in [-0.2, -0.15) is 0 Å². The highest BCUT2D eigenvalue weighted by atomic mass is 32.2. The third-order valence-corrected chi connectivity index (χ3v) is 4.86. The third-order valence-electron chi connectivity index (χ3n) is 3.95. The van der Waals surface area contributed by atoms with E-state index in [0.717, 1.165) is 16.8 Å². The smallest absolute Gasteiger partial charge is 0.264 e. The molecule has 1 aliphatic rings. The van der Waals surface area contributed by atoms with Crippen molar-refractivity contribution in [3.05, 3.63) is 52.4 Å². The Morgan fingerprint density at radius 1 is 1.14 bits per heavy atom. The molecule has 28 heavy (non-hydrogen) atoms. The minimum absolute atomic E-state index is 0.191. The van der Waals surface area contributed by atoms with Gasteiger partial charge in [0.25, 0.3) is 5.91 Å².